The minimum absolute atomic E-state index is 0.164. The molecule has 3 atom stereocenters. The third-order valence-electron chi connectivity index (χ3n) is 3.88. The maximum absolute atomic E-state index is 11.7. The molecule has 1 saturated carbocycles. The zero-order chi connectivity index (χ0) is 13.3. The first kappa shape index (κ1) is 13.6. The first-order valence-corrected chi connectivity index (χ1v) is 6.71. The lowest BCUT2D eigenvalue weighted by Crippen LogP contribution is -2.40. The van der Waals surface area contributed by atoms with Gasteiger partial charge in [-0.2, -0.15) is 0 Å². The zero-order valence-electron chi connectivity index (χ0n) is 11.3. The zero-order valence-corrected chi connectivity index (χ0v) is 11.3. The van der Waals surface area contributed by atoms with Gasteiger partial charge in [-0.1, -0.05) is 6.58 Å². The van der Waals surface area contributed by atoms with E-state index in [1.807, 2.05) is 6.20 Å². The predicted octanol–water partition coefficient (Wildman–Crippen LogP) is 1.69. The van der Waals surface area contributed by atoms with E-state index in [1.165, 1.54) is 0 Å². The second-order valence-electron chi connectivity index (χ2n) is 5.84. The van der Waals surface area contributed by atoms with Gasteiger partial charge in [-0.15, -0.1) is 0 Å². The lowest BCUT2D eigenvalue weighted by Gasteiger charge is -2.34. The van der Waals surface area contributed by atoms with E-state index in [9.17, 15) is 9.90 Å². The Kier molecular flexibility index (Phi) is 3.78. The van der Waals surface area contributed by atoms with Crippen LogP contribution in [0.4, 0.5) is 0 Å². The normalized spacial score (nSPS) is 33.2. The highest BCUT2D eigenvalue weighted by molar-refractivity contribution is 5.81. The Morgan fingerprint density at radius 3 is 2.83 bits per heavy atom. The molecule has 0 bridgehead atoms. The smallest absolute Gasteiger partial charge is 0.160 e. The second-order valence-corrected chi connectivity index (χ2v) is 5.84. The first-order valence-electron chi connectivity index (χ1n) is 6.71. The van der Waals surface area contributed by atoms with Gasteiger partial charge in [-0.3, -0.25) is 4.79 Å². The standard InChI is InChI=1S/C14H23NO3/c1-4-15-7-5-6-12(15)11-8-10(16)9-13(11)18-14(2,3)17/h4,11-13,17H,1,5-9H2,2-3H3/t11-,12?,13+/m1/s1. The van der Waals surface area contributed by atoms with Crippen LogP contribution in [0.2, 0.25) is 0 Å². The van der Waals surface area contributed by atoms with Crippen molar-refractivity contribution < 1.29 is 14.6 Å². The van der Waals surface area contributed by atoms with Crippen molar-refractivity contribution in [3.63, 3.8) is 0 Å². The molecular weight excluding hydrogens is 230 g/mol. The third-order valence-corrected chi connectivity index (χ3v) is 3.88. The summed E-state index contributed by atoms with van der Waals surface area (Å²) in [4.78, 5) is 13.9. The van der Waals surface area contributed by atoms with Crippen LogP contribution < -0.4 is 0 Å². The topological polar surface area (TPSA) is 49.8 Å². The fourth-order valence-corrected chi connectivity index (χ4v) is 3.24. The van der Waals surface area contributed by atoms with Gasteiger partial charge in [-0.25, -0.2) is 0 Å². The van der Waals surface area contributed by atoms with Crippen molar-refractivity contribution in [2.45, 2.75) is 57.5 Å². The van der Waals surface area contributed by atoms with Crippen LogP contribution in [0.5, 0.6) is 0 Å². The quantitative estimate of drug-likeness (QED) is 0.775. The summed E-state index contributed by atoms with van der Waals surface area (Å²) in [5.41, 5.74) is 0. The number of likely N-dealkylation sites (tertiary alicyclic amines) is 1. The third kappa shape index (κ3) is 2.93. The van der Waals surface area contributed by atoms with Crippen LogP contribution in [0.15, 0.2) is 12.8 Å². The number of Topliss-reactive ketones (excluding diaryl/α,β-unsaturated/α-hetero) is 1. The lowest BCUT2D eigenvalue weighted by molar-refractivity contribution is -0.214. The molecule has 1 N–H and O–H groups in total. The van der Waals surface area contributed by atoms with E-state index in [0.29, 0.717) is 18.9 Å². The van der Waals surface area contributed by atoms with E-state index < -0.39 is 5.79 Å². The van der Waals surface area contributed by atoms with Gasteiger partial charge in [0.2, 0.25) is 0 Å². The number of hydrogen-bond acceptors (Lipinski definition) is 4. The summed E-state index contributed by atoms with van der Waals surface area (Å²) in [7, 11) is 0. The minimum atomic E-state index is -1.18. The molecule has 18 heavy (non-hydrogen) atoms. The molecule has 1 aliphatic carbocycles. The molecule has 2 aliphatic rings. The Morgan fingerprint density at radius 1 is 1.50 bits per heavy atom. The molecule has 4 nitrogen and oxygen atoms in total. The summed E-state index contributed by atoms with van der Waals surface area (Å²) in [6.45, 7) is 8.08. The average Bonchev–Trinajstić information content (AvgIpc) is 2.81. The number of ether oxygens (including phenoxy) is 1. The van der Waals surface area contributed by atoms with Gasteiger partial charge in [0.15, 0.2) is 5.79 Å². The fraction of sp³-hybridized carbons (Fsp3) is 0.786. The molecule has 0 spiro atoms. The molecule has 4 heteroatoms. The van der Waals surface area contributed by atoms with Crippen LogP contribution in [0.3, 0.4) is 0 Å². The molecule has 1 unspecified atom stereocenters. The number of ketones is 1. The maximum Gasteiger partial charge on any atom is 0.160 e. The van der Waals surface area contributed by atoms with Crippen molar-refractivity contribution in [2.24, 2.45) is 5.92 Å². The van der Waals surface area contributed by atoms with Crippen molar-refractivity contribution >= 4 is 5.78 Å². The number of aliphatic hydroxyl groups is 1. The predicted molar refractivity (Wildman–Crippen MR) is 68.8 cm³/mol. The van der Waals surface area contributed by atoms with E-state index in [-0.39, 0.29) is 17.8 Å². The first-order chi connectivity index (χ1) is 8.40. The molecule has 102 valence electrons. The Labute approximate surface area is 109 Å². The highest BCUT2D eigenvalue weighted by atomic mass is 16.6. The summed E-state index contributed by atoms with van der Waals surface area (Å²) in [6.07, 6.45) is 4.91. The Balaban J connectivity index is 2.09. The number of carbonyl (C=O) groups is 1. The van der Waals surface area contributed by atoms with Gasteiger partial charge < -0.3 is 14.7 Å². The summed E-state index contributed by atoms with van der Waals surface area (Å²) in [5, 5.41) is 9.78. The van der Waals surface area contributed by atoms with Crippen molar-refractivity contribution in [3.05, 3.63) is 12.8 Å². The minimum Gasteiger partial charge on any atom is -0.375 e. The van der Waals surface area contributed by atoms with Crippen LogP contribution in [0, 0.1) is 5.92 Å². The molecule has 1 saturated heterocycles. The van der Waals surface area contributed by atoms with Gasteiger partial charge in [0.25, 0.3) is 0 Å². The molecule has 2 rings (SSSR count). The molecule has 0 aromatic heterocycles. The Morgan fingerprint density at radius 2 is 2.22 bits per heavy atom. The highest BCUT2D eigenvalue weighted by Gasteiger charge is 2.43. The fourth-order valence-electron chi connectivity index (χ4n) is 3.24. The largest absolute Gasteiger partial charge is 0.375 e. The van der Waals surface area contributed by atoms with Crippen molar-refractivity contribution in [2.75, 3.05) is 6.54 Å². The van der Waals surface area contributed by atoms with E-state index in [4.69, 9.17) is 4.74 Å². The molecule has 0 radical (unpaired) electrons. The number of hydrogen-bond donors (Lipinski definition) is 1. The molecule has 0 amide bonds. The Hall–Kier alpha value is -0.870. The summed E-state index contributed by atoms with van der Waals surface area (Å²) < 4.78 is 5.66. The van der Waals surface area contributed by atoms with E-state index in [0.717, 1.165) is 19.4 Å². The van der Waals surface area contributed by atoms with Gasteiger partial charge in [0.1, 0.15) is 5.78 Å². The van der Waals surface area contributed by atoms with E-state index in [1.54, 1.807) is 13.8 Å². The molecule has 2 fully saturated rings. The number of carbonyl (C=O) groups excluding carboxylic acids is 1. The summed E-state index contributed by atoms with van der Waals surface area (Å²) >= 11 is 0. The van der Waals surface area contributed by atoms with Gasteiger partial charge >= 0.3 is 0 Å². The van der Waals surface area contributed by atoms with Crippen LogP contribution in [0.25, 0.3) is 0 Å². The number of nitrogens with zero attached hydrogens (tertiary/aromatic N) is 1. The molecule has 0 aromatic carbocycles. The van der Waals surface area contributed by atoms with Gasteiger partial charge in [-0.05, 0) is 32.9 Å². The van der Waals surface area contributed by atoms with Gasteiger partial charge in [0.05, 0.1) is 6.10 Å². The van der Waals surface area contributed by atoms with E-state index >= 15 is 0 Å². The summed E-state index contributed by atoms with van der Waals surface area (Å²) in [6, 6.07) is 0.335. The Bertz CT molecular complexity index is 334. The average molecular weight is 253 g/mol. The van der Waals surface area contributed by atoms with Crippen LogP contribution >= 0.6 is 0 Å². The van der Waals surface area contributed by atoms with Crippen molar-refractivity contribution in [1.82, 2.24) is 4.90 Å². The highest BCUT2D eigenvalue weighted by Crippen LogP contribution is 2.37. The second kappa shape index (κ2) is 5.02. The van der Waals surface area contributed by atoms with Crippen molar-refractivity contribution in [1.29, 1.82) is 0 Å². The van der Waals surface area contributed by atoms with Crippen LogP contribution in [0.1, 0.15) is 39.5 Å². The molecule has 0 aromatic rings. The SMILES string of the molecule is C=CN1CCCC1[C@H]1CC(=O)C[C@@H]1OC(C)(C)O. The van der Waals surface area contributed by atoms with Gasteiger partial charge in [0, 0.05) is 31.3 Å². The summed E-state index contributed by atoms with van der Waals surface area (Å²) in [5.74, 6) is -0.750. The molecule has 1 heterocycles. The number of rotatable bonds is 4. The van der Waals surface area contributed by atoms with E-state index in [2.05, 4.69) is 11.5 Å². The van der Waals surface area contributed by atoms with Crippen LogP contribution in [-0.2, 0) is 9.53 Å². The maximum atomic E-state index is 11.7. The molecule has 1 aliphatic heterocycles. The monoisotopic (exact) mass is 253 g/mol. The van der Waals surface area contributed by atoms with Crippen molar-refractivity contribution in [3.8, 4) is 0 Å². The van der Waals surface area contributed by atoms with Crippen LogP contribution in [-0.4, -0.2) is 40.3 Å². The lowest BCUT2D eigenvalue weighted by atomic mass is 9.94. The molecular formula is C14H23NO3.